The Morgan fingerprint density at radius 1 is 1.14 bits per heavy atom. The number of likely N-dealkylation sites (tertiary alicyclic amines) is 1. The summed E-state index contributed by atoms with van der Waals surface area (Å²) >= 11 is 0. The van der Waals surface area contributed by atoms with Crippen molar-refractivity contribution >= 4 is 18.4 Å². The summed E-state index contributed by atoms with van der Waals surface area (Å²) in [5, 5.41) is 22.7. The Hall–Kier alpha value is -2.77. The molecule has 1 saturated heterocycles. The highest BCUT2D eigenvalue weighted by molar-refractivity contribution is 5.85. The molecular formula is C30H33ClFNO4. The van der Waals surface area contributed by atoms with E-state index in [1.54, 1.807) is 18.2 Å². The summed E-state index contributed by atoms with van der Waals surface area (Å²) < 4.78 is 19.4. The standard InChI is InChI=1S/C30H32FNO4.ClH/c1-3-14-29(2,21-9-11-23(31)12-10-21)22-16-26-27(30(34,35)17-22)25-19-32(15-13-24(25)28(33)36-26)18-20-7-5-4-6-8-20;/h4-12,16-17,24,34-35H,3,13-15,18-19H2,1-2H3;1H. The third kappa shape index (κ3) is 5.16. The first-order valence-corrected chi connectivity index (χ1v) is 12.6. The minimum absolute atomic E-state index is 0. The Labute approximate surface area is 223 Å². The van der Waals surface area contributed by atoms with Gasteiger partial charge in [0, 0.05) is 18.5 Å². The van der Waals surface area contributed by atoms with E-state index in [0.717, 1.165) is 17.5 Å². The number of nitrogens with zero attached hydrogens (tertiary/aromatic N) is 1. The summed E-state index contributed by atoms with van der Waals surface area (Å²) in [6.07, 6.45) is 5.30. The van der Waals surface area contributed by atoms with E-state index in [2.05, 4.69) is 17.0 Å². The number of hydrogen-bond donors (Lipinski definition) is 2. The van der Waals surface area contributed by atoms with E-state index in [1.807, 2.05) is 32.0 Å². The van der Waals surface area contributed by atoms with E-state index in [-0.39, 0.29) is 35.5 Å². The number of fused-ring (bicyclic) bond motifs is 2. The van der Waals surface area contributed by atoms with Crippen molar-refractivity contribution in [2.24, 2.45) is 5.92 Å². The first-order valence-electron chi connectivity index (χ1n) is 12.6. The monoisotopic (exact) mass is 525 g/mol. The molecule has 0 bridgehead atoms. The van der Waals surface area contributed by atoms with E-state index in [0.29, 0.717) is 43.6 Å². The Bertz CT molecular complexity index is 1250. The van der Waals surface area contributed by atoms with Crippen LogP contribution in [0.25, 0.3) is 0 Å². The second kappa shape index (κ2) is 10.5. The fraction of sp³-hybridized carbons (Fsp3) is 0.367. The molecule has 3 aliphatic rings. The molecule has 0 spiro atoms. The number of carbonyl (C=O) groups is 1. The molecule has 2 unspecified atom stereocenters. The van der Waals surface area contributed by atoms with Crippen LogP contribution in [-0.4, -0.2) is 40.0 Å². The topological polar surface area (TPSA) is 70.0 Å². The van der Waals surface area contributed by atoms with Crippen LogP contribution in [0.4, 0.5) is 4.39 Å². The Morgan fingerprint density at radius 2 is 1.84 bits per heavy atom. The second-order valence-electron chi connectivity index (χ2n) is 10.3. The Morgan fingerprint density at radius 3 is 2.51 bits per heavy atom. The van der Waals surface area contributed by atoms with Crippen molar-refractivity contribution in [3.05, 3.63) is 106 Å². The normalized spacial score (nSPS) is 22.5. The minimum atomic E-state index is -2.29. The zero-order chi connectivity index (χ0) is 25.5. The first kappa shape index (κ1) is 27.3. The molecule has 2 aromatic rings. The van der Waals surface area contributed by atoms with Gasteiger partial charge in [-0.05, 0) is 65.9 Å². The Balaban J connectivity index is 0.00000320. The van der Waals surface area contributed by atoms with E-state index >= 15 is 0 Å². The Kier molecular flexibility index (Phi) is 7.77. The van der Waals surface area contributed by atoms with Crippen LogP contribution in [-0.2, 0) is 21.5 Å². The van der Waals surface area contributed by atoms with Crippen molar-refractivity contribution in [2.75, 3.05) is 13.1 Å². The molecule has 0 aromatic heterocycles. The van der Waals surface area contributed by atoms with Gasteiger partial charge in [0.1, 0.15) is 11.6 Å². The van der Waals surface area contributed by atoms with Crippen LogP contribution in [0.15, 0.2) is 89.2 Å². The number of benzene rings is 2. The lowest BCUT2D eigenvalue weighted by Gasteiger charge is -2.43. The molecule has 5 nitrogen and oxygen atoms in total. The zero-order valence-corrected chi connectivity index (χ0v) is 21.9. The molecule has 2 aromatic carbocycles. The lowest BCUT2D eigenvalue weighted by Crippen LogP contribution is -2.46. The highest BCUT2D eigenvalue weighted by Gasteiger charge is 2.48. The second-order valence-corrected chi connectivity index (χ2v) is 10.3. The molecule has 7 heteroatoms. The molecule has 0 saturated carbocycles. The molecule has 2 atom stereocenters. The van der Waals surface area contributed by atoms with Gasteiger partial charge >= 0.3 is 5.97 Å². The van der Waals surface area contributed by atoms with Gasteiger partial charge < -0.3 is 14.9 Å². The SMILES string of the molecule is CCCC(C)(C1=CC(O)(O)C2=C3CN(Cc4ccccc4)CCC3C(=O)OC2=C1)c1ccc(F)cc1.Cl. The molecule has 1 fully saturated rings. The fourth-order valence-electron chi connectivity index (χ4n) is 5.88. The van der Waals surface area contributed by atoms with Crippen LogP contribution in [0, 0.1) is 11.7 Å². The lowest BCUT2D eigenvalue weighted by atomic mass is 9.69. The average Bonchev–Trinajstić information content (AvgIpc) is 2.84. The van der Waals surface area contributed by atoms with Crippen LogP contribution < -0.4 is 0 Å². The lowest BCUT2D eigenvalue weighted by molar-refractivity contribution is -0.147. The van der Waals surface area contributed by atoms with E-state index in [1.165, 1.54) is 18.2 Å². The first-order chi connectivity index (χ1) is 17.2. The van der Waals surface area contributed by atoms with Crippen LogP contribution in [0.5, 0.6) is 0 Å². The summed E-state index contributed by atoms with van der Waals surface area (Å²) in [4.78, 5) is 15.2. The summed E-state index contributed by atoms with van der Waals surface area (Å²) in [5.74, 6) is -3.27. The smallest absolute Gasteiger partial charge is 0.318 e. The number of allylic oxidation sites excluding steroid dienone is 2. The van der Waals surface area contributed by atoms with Crippen molar-refractivity contribution in [1.29, 1.82) is 0 Å². The van der Waals surface area contributed by atoms with Crippen molar-refractivity contribution in [3.8, 4) is 0 Å². The highest BCUT2D eigenvalue weighted by atomic mass is 35.5. The molecule has 5 rings (SSSR count). The molecule has 1 aliphatic carbocycles. The van der Waals surface area contributed by atoms with Gasteiger partial charge in [0.2, 0.25) is 5.79 Å². The van der Waals surface area contributed by atoms with E-state index in [4.69, 9.17) is 4.74 Å². The molecule has 0 amide bonds. The fourth-order valence-corrected chi connectivity index (χ4v) is 5.88. The van der Waals surface area contributed by atoms with Gasteiger partial charge in [-0.3, -0.25) is 9.69 Å². The van der Waals surface area contributed by atoms with E-state index < -0.39 is 17.1 Å². The van der Waals surface area contributed by atoms with Crippen molar-refractivity contribution in [1.82, 2.24) is 4.90 Å². The van der Waals surface area contributed by atoms with Crippen molar-refractivity contribution < 1.29 is 24.1 Å². The summed E-state index contributed by atoms with van der Waals surface area (Å²) in [6.45, 7) is 5.93. The van der Waals surface area contributed by atoms with Crippen molar-refractivity contribution in [3.63, 3.8) is 0 Å². The number of aliphatic hydroxyl groups is 2. The third-order valence-corrected chi connectivity index (χ3v) is 7.74. The number of esters is 1. The largest absolute Gasteiger partial charge is 0.426 e. The predicted molar refractivity (Wildman–Crippen MR) is 142 cm³/mol. The van der Waals surface area contributed by atoms with Gasteiger partial charge in [0.15, 0.2) is 0 Å². The molecule has 196 valence electrons. The van der Waals surface area contributed by atoms with Gasteiger partial charge in [-0.15, -0.1) is 12.4 Å². The maximum Gasteiger partial charge on any atom is 0.318 e. The van der Waals surface area contributed by atoms with Gasteiger partial charge in [0.05, 0.1) is 11.5 Å². The van der Waals surface area contributed by atoms with Gasteiger partial charge in [-0.2, -0.15) is 0 Å². The van der Waals surface area contributed by atoms with Crippen LogP contribution >= 0.6 is 12.4 Å². The summed E-state index contributed by atoms with van der Waals surface area (Å²) in [5.41, 5.74) is 2.99. The van der Waals surface area contributed by atoms with E-state index in [9.17, 15) is 19.4 Å². The minimum Gasteiger partial charge on any atom is -0.426 e. The van der Waals surface area contributed by atoms with Crippen LogP contribution in [0.1, 0.15) is 44.2 Å². The van der Waals surface area contributed by atoms with Crippen LogP contribution in [0.2, 0.25) is 0 Å². The molecule has 2 aliphatic heterocycles. The number of rotatable bonds is 6. The zero-order valence-electron chi connectivity index (χ0n) is 21.1. The van der Waals surface area contributed by atoms with Crippen LogP contribution in [0.3, 0.4) is 0 Å². The van der Waals surface area contributed by atoms with Gasteiger partial charge in [0.25, 0.3) is 0 Å². The number of ether oxygens (including phenoxy) is 1. The summed E-state index contributed by atoms with van der Waals surface area (Å²) in [7, 11) is 0. The number of piperidine rings is 1. The maximum absolute atomic E-state index is 13.6. The highest BCUT2D eigenvalue weighted by Crippen LogP contribution is 2.47. The third-order valence-electron chi connectivity index (χ3n) is 7.74. The number of hydrogen-bond acceptors (Lipinski definition) is 5. The molecule has 0 radical (unpaired) electrons. The van der Waals surface area contributed by atoms with Crippen molar-refractivity contribution in [2.45, 2.75) is 50.9 Å². The molecule has 37 heavy (non-hydrogen) atoms. The summed E-state index contributed by atoms with van der Waals surface area (Å²) in [6, 6.07) is 16.4. The number of halogens is 2. The molecule has 2 heterocycles. The molecule has 2 N–H and O–H groups in total. The quantitative estimate of drug-likeness (QED) is 0.401. The number of carbonyl (C=O) groups excluding carboxylic acids is 1. The van der Waals surface area contributed by atoms with Gasteiger partial charge in [-0.1, -0.05) is 62.7 Å². The maximum atomic E-state index is 13.6. The predicted octanol–water partition coefficient (Wildman–Crippen LogP) is 5.19. The molecular weight excluding hydrogens is 493 g/mol. The average molecular weight is 526 g/mol. The van der Waals surface area contributed by atoms with Gasteiger partial charge in [-0.25, -0.2) is 4.39 Å².